The first-order valence-corrected chi connectivity index (χ1v) is 17.4. The van der Waals surface area contributed by atoms with Crippen LogP contribution in [0.5, 0.6) is 0 Å². The first-order valence-electron chi connectivity index (χ1n) is 17.4. The predicted octanol–water partition coefficient (Wildman–Crippen LogP) is 12.2. The normalized spacial score (nSPS) is 12.7. The number of pyridine rings is 1. The van der Waals surface area contributed by atoms with E-state index in [4.69, 9.17) is 9.97 Å². The fourth-order valence-corrected chi connectivity index (χ4v) is 7.52. The lowest BCUT2D eigenvalue weighted by Crippen LogP contribution is -2.14. The molecule has 1 aliphatic rings. The smallest absolute Gasteiger partial charge is 0.160 e. The van der Waals surface area contributed by atoms with Crippen molar-refractivity contribution in [2.45, 2.75) is 19.3 Å². The molecule has 242 valence electrons. The molecule has 0 N–H and O–H groups in total. The molecule has 0 saturated heterocycles. The first-order chi connectivity index (χ1) is 25.0. The molecular weight excluding hydrogens is 619 g/mol. The Morgan fingerprint density at radius 1 is 0.392 bits per heavy atom. The molecule has 6 aromatic carbocycles. The van der Waals surface area contributed by atoms with Crippen LogP contribution in [0.1, 0.15) is 25.0 Å². The van der Waals surface area contributed by atoms with Crippen molar-refractivity contribution in [2.75, 3.05) is 0 Å². The summed E-state index contributed by atoms with van der Waals surface area (Å²) in [7, 11) is 0. The van der Waals surface area contributed by atoms with Gasteiger partial charge in [-0.25, -0.2) is 9.97 Å². The molecule has 2 aromatic heterocycles. The van der Waals surface area contributed by atoms with Crippen LogP contribution in [-0.4, -0.2) is 15.0 Å². The van der Waals surface area contributed by atoms with Crippen LogP contribution in [-0.2, 0) is 5.41 Å². The minimum Gasteiger partial charge on any atom is -0.264 e. The average molecular weight is 654 g/mol. The van der Waals surface area contributed by atoms with E-state index in [1.807, 2.05) is 30.5 Å². The van der Waals surface area contributed by atoms with E-state index in [2.05, 4.69) is 158 Å². The SMILES string of the molecule is CC1(C)c2ccccc2-c2c(-c3cccc(-c4ccc(-c5cc(-c6ccc(-c7cccnc7)cc6)nc(-c6ccccc6)n5)cc4)c3)cccc21. The van der Waals surface area contributed by atoms with Gasteiger partial charge in [-0.1, -0.05) is 159 Å². The molecule has 0 spiro atoms. The van der Waals surface area contributed by atoms with Crippen LogP contribution in [0.15, 0.2) is 176 Å². The average Bonchev–Trinajstić information content (AvgIpc) is 3.44. The van der Waals surface area contributed by atoms with Gasteiger partial charge in [0.25, 0.3) is 0 Å². The second-order valence-electron chi connectivity index (χ2n) is 13.7. The van der Waals surface area contributed by atoms with Gasteiger partial charge in [0.1, 0.15) is 0 Å². The van der Waals surface area contributed by atoms with Crippen molar-refractivity contribution < 1.29 is 0 Å². The predicted molar refractivity (Wildman–Crippen MR) is 210 cm³/mol. The van der Waals surface area contributed by atoms with Crippen LogP contribution in [0.25, 0.3) is 78.4 Å². The lowest BCUT2D eigenvalue weighted by atomic mass is 9.82. The van der Waals surface area contributed by atoms with Crippen molar-refractivity contribution >= 4 is 0 Å². The van der Waals surface area contributed by atoms with E-state index in [0.717, 1.165) is 44.8 Å². The van der Waals surface area contributed by atoms with Crippen molar-refractivity contribution in [3.8, 4) is 78.4 Å². The summed E-state index contributed by atoms with van der Waals surface area (Å²) in [6.45, 7) is 4.67. The van der Waals surface area contributed by atoms with E-state index >= 15 is 0 Å². The molecule has 51 heavy (non-hydrogen) atoms. The Morgan fingerprint density at radius 2 is 0.941 bits per heavy atom. The standard InChI is InChI=1S/C48H35N3/c1-48(2)42-18-7-6-16-41(42)46-40(17-9-19-43(46)48)38-14-8-13-37(29-38)32-20-24-34(25-21-32)44-30-45(51-47(50-44)36-11-4-3-5-12-36)35-26-22-33(23-27-35)39-15-10-28-49-31-39/h3-31H,1-2H3. The van der Waals surface area contributed by atoms with Gasteiger partial charge < -0.3 is 0 Å². The van der Waals surface area contributed by atoms with Crippen molar-refractivity contribution in [3.05, 3.63) is 187 Å². The molecule has 0 amide bonds. The van der Waals surface area contributed by atoms with Crippen molar-refractivity contribution in [2.24, 2.45) is 0 Å². The van der Waals surface area contributed by atoms with Crippen LogP contribution in [0.2, 0.25) is 0 Å². The minimum absolute atomic E-state index is 0.0278. The summed E-state index contributed by atoms with van der Waals surface area (Å²) in [6, 6.07) is 58.1. The van der Waals surface area contributed by atoms with Gasteiger partial charge in [-0.05, 0) is 73.8 Å². The maximum atomic E-state index is 5.06. The van der Waals surface area contributed by atoms with Gasteiger partial charge in [-0.2, -0.15) is 0 Å². The monoisotopic (exact) mass is 653 g/mol. The van der Waals surface area contributed by atoms with E-state index in [-0.39, 0.29) is 5.41 Å². The highest BCUT2D eigenvalue weighted by atomic mass is 14.9. The summed E-state index contributed by atoms with van der Waals surface area (Å²) in [5.74, 6) is 0.705. The largest absolute Gasteiger partial charge is 0.264 e. The van der Waals surface area contributed by atoms with Crippen LogP contribution in [0.3, 0.4) is 0 Å². The molecule has 0 fully saturated rings. The summed E-state index contributed by atoms with van der Waals surface area (Å²) >= 11 is 0. The van der Waals surface area contributed by atoms with Gasteiger partial charge in [-0.15, -0.1) is 0 Å². The van der Waals surface area contributed by atoms with Crippen molar-refractivity contribution in [1.29, 1.82) is 0 Å². The quantitative estimate of drug-likeness (QED) is 0.179. The minimum atomic E-state index is -0.0278. The maximum absolute atomic E-state index is 5.06. The van der Waals surface area contributed by atoms with E-state index < -0.39 is 0 Å². The lowest BCUT2D eigenvalue weighted by Gasteiger charge is -2.21. The van der Waals surface area contributed by atoms with Gasteiger partial charge in [0.05, 0.1) is 11.4 Å². The second-order valence-corrected chi connectivity index (χ2v) is 13.7. The van der Waals surface area contributed by atoms with E-state index in [1.54, 1.807) is 6.20 Å². The Morgan fingerprint density at radius 3 is 1.65 bits per heavy atom. The highest BCUT2D eigenvalue weighted by molar-refractivity contribution is 5.93. The molecule has 1 aliphatic carbocycles. The van der Waals surface area contributed by atoms with E-state index in [9.17, 15) is 0 Å². The Kier molecular flexibility index (Phi) is 7.48. The highest BCUT2D eigenvalue weighted by Gasteiger charge is 2.36. The molecule has 0 unspecified atom stereocenters. The number of benzene rings is 6. The summed E-state index contributed by atoms with van der Waals surface area (Å²) in [6.07, 6.45) is 3.68. The molecule has 0 saturated carbocycles. The molecule has 0 radical (unpaired) electrons. The number of aromatic nitrogens is 3. The number of nitrogens with zero attached hydrogens (tertiary/aromatic N) is 3. The molecule has 9 rings (SSSR count). The van der Waals surface area contributed by atoms with E-state index in [1.165, 1.54) is 38.9 Å². The Labute approximate surface area is 299 Å². The molecule has 3 nitrogen and oxygen atoms in total. The molecule has 0 aliphatic heterocycles. The zero-order valence-electron chi connectivity index (χ0n) is 28.6. The van der Waals surface area contributed by atoms with Crippen LogP contribution in [0.4, 0.5) is 0 Å². The Hall–Kier alpha value is -6.45. The maximum Gasteiger partial charge on any atom is 0.160 e. The Balaban J connectivity index is 1.07. The Bertz CT molecular complexity index is 2520. The summed E-state index contributed by atoms with van der Waals surface area (Å²) in [5, 5.41) is 0. The molecular formula is C48H35N3. The fourth-order valence-electron chi connectivity index (χ4n) is 7.52. The van der Waals surface area contributed by atoms with Gasteiger partial charge >= 0.3 is 0 Å². The van der Waals surface area contributed by atoms with Crippen molar-refractivity contribution in [1.82, 2.24) is 15.0 Å². The zero-order valence-corrected chi connectivity index (χ0v) is 28.6. The molecule has 2 heterocycles. The topological polar surface area (TPSA) is 38.7 Å². The summed E-state index contributed by atoms with van der Waals surface area (Å²) in [5.41, 5.74) is 17.3. The molecule has 8 aromatic rings. The second kappa shape index (κ2) is 12.5. The lowest BCUT2D eigenvalue weighted by molar-refractivity contribution is 0.660. The van der Waals surface area contributed by atoms with E-state index in [0.29, 0.717) is 5.82 Å². The van der Waals surface area contributed by atoms with Crippen LogP contribution < -0.4 is 0 Å². The van der Waals surface area contributed by atoms with Crippen LogP contribution in [0, 0.1) is 0 Å². The molecule has 0 bridgehead atoms. The number of rotatable bonds is 6. The first kappa shape index (κ1) is 30.6. The highest BCUT2D eigenvalue weighted by Crippen LogP contribution is 2.52. The number of hydrogen-bond donors (Lipinski definition) is 0. The summed E-state index contributed by atoms with van der Waals surface area (Å²) in [4.78, 5) is 14.4. The van der Waals surface area contributed by atoms with Crippen LogP contribution >= 0.6 is 0 Å². The zero-order chi connectivity index (χ0) is 34.4. The van der Waals surface area contributed by atoms with Gasteiger partial charge in [-0.3, -0.25) is 4.98 Å². The molecule has 3 heteroatoms. The third kappa shape index (κ3) is 5.53. The molecule has 0 atom stereocenters. The van der Waals surface area contributed by atoms with Gasteiger partial charge in [0.15, 0.2) is 5.82 Å². The third-order valence-electron chi connectivity index (χ3n) is 10.2. The van der Waals surface area contributed by atoms with Gasteiger partial charge in [0.2, 0.25) is 0 Å². The van der Waals surface area contributed by atoms with Crippen molar-refractivity contribution in [3.63, 3.8) is 0 Å². The number of fused-ring (bicyclic) bond motifs is 3. The summed E-state index contributed by atoms with van der Waals surface area (Å²) < 4.78 is 0. The third-order valence-corrected chi connectivity index (χ3v) is 10.2. The van der Waals surface area contributed by atoms with Gasteiger partial charge in [0, 0.05) is 34.5 Å². The number of hydrogen-bond acceptors (Lipinski definition) is 3. The fraction of sp³-hybridized carbons (Fsp3) is 0.0625.